The largest absolute Gasteiger partial charge is 0.446 e. The predicted molar refractivity (Wildman–Crippen MR) is 72.3 cm³/mol. The van der Waals surface area contributed by atoms with Crippen LogP contribution in [-0.2, 0) is 14.3 Å². The molecule has 1 aliphatic heterocycles. The van der Waals surface area contributed by atoms with E-state index in [2.05, 4.69) is 5.32 Å². The van der Waals surface area contributed by atoms with Crippen LogP contribution in [0.2, 0.25) is 0 Å². The molecule has 0 aromatic heterocycles. The average Bonchev–Trinajstić information content (AvgIpc) is 2.41. The van der Waals surface area contributed by atoms with Crippen LogP contribution in [0.15, 0.2) is 23.1 Å². The van der Waals surface area contributed by atoms with Gasteiger partial charge in [-0.1, -0.05) is 6.07 Å². The summed E-state index contributed by atoms with van der Waals surface area (Å²) >= 11 is -0.257. The van der Waals surface area contributed by atoms with Crippen molar-refractivity contribution in [3.05, 3.63) is 23.8 Å². The highest BCUT2D eigenvalue weighted by Crippen LogP contribution is 2.40. The molecular formula is C13H14F3NO3S. The van der Waals surface area contributed by atoms with Crippen LogP contribution in [0.3, 0.4) is 0 Å². The highest BCUT2D eigenvalue weighted by Gasteiger charge is 2.31. The molecule has 1 atom stereocenters. The number of halogens is 3. The van der Waals surface area contributed by atoms with E-state index in [-0.39, 0.29) is 35.6 Å². The number of thioether (sulfide) groups is 1. The van der Waals surface area contributed by atoms with Gasteiger partial charge in [-0.25, -0.2) is 0 Å². The Bertz CT molecular complexity index is 516. The summed E-state index contributed by atoms with van der Waals surface area (Å²) in [4.78, 5) is 11.9. The third kappa shape index (κ3) is 4.90. The minimum atomic E-state index is -4.42. The molecule has 0 spiro atoms. The fourth-order valence-corrected chi connectivity index (χ4v) is 2.52. The van der Waals surface area contributed by atoms with E-state index in [0.29, 0.717) is 12.2 Å². The monoisotopic (exact) mass is 321 g/mol. The van der Waals surface area contributed by atoms with Crippen LogP contribution in [0.25, 0.3) is 0 Å². The minimum Gasteiger partial charge on any atom is -0.376 e. The maximum atomic E-state index is 12.6. The molecule has 116 valence electrons. The molecule has 1 amide bonds. The number of anilines is 1. The van der Waals surface area contributed by atoms with Gasteiger partial charge in [-0.3, -0.25) is 4.79 Å². The Kier molecular flexibility index (Phi) is 5.13. The SMILES string of the molecule is Cc1ccc(NC(=O)[C@@H]2COCCO2)c(SC(F)(F)F)c1. The van der Waals surface area contributed by atoms with Gasteiger partial charge in [-0.05, 0) is 36.4 Å². The zero-order valence-electron chi connectivity index (χ0n) is 11.2. The lowest BCUT2D eigenvalue weighted by Crippen LogP contribution is -2.39. The molecule has 0 radical (unpaired) electrons. The molecular weight excluding hydrogens is 307 g/mol. The van der Waals surface area contributed by atoms with E-state index < -0.39 is 17.5 Å². The van der Waals surface area contributed by atoms with Crippen molar-refractivity contribution in [1.29, 1.82) is 0 Å². The average molecular weight is 321 g/mol. The number of carbonyl (C=O) groups is 1. The van der Waals surface area contributed by atoms with Crippen LogP contribution >= 0.6 is 11.8 Å². The lowest BCUT2D eigenvalue weighted by Gasteiger charge is -2.22. The maximum absolute atomic E-state index is 12.6. The molecule has 1 fully saturated rings. The van der Waals surface area contributed by atoms with Crippen molar-refractivity contribution in [2.24, 2.45) is 0 Å². The second kappa shape index (κ2) is 6.67. The van der Waals surface area contributed by atoms with Gasteiger partial charge in [0.15, 0.2) is 6.10 Å². The summed E-state index contributed by atoms with van der Waals surface area (Å²) in [5.74, 6) is -0.512. The Morgan fingerprint density at radius 2 is 2.14 bits per heavy atom. The van der Waals surface area contributed by atoms with Crippen molar-refractivity contribution in [2.75, 3.05) is 25.1 Å². The molecule has 8 heteroatoms. The molecule has 0 aliphatic carbocycles. The second-order valence-electron chi connectivity index (χ2n) is 4.47. The van der Waals surface area contributed by atoms with Gasteiger partial charge in [0.25, 0.3) is 5.91 Å². The van der Waals surface area contributed by atoms with E-state index in [0.717, 1.165) is 0 Å². The normalized spacial score (nSPS) is 19.3. The van der Waals surface area contributed by atoms with Crippen LogP contribution in [0.5, 0.6) is 0 Å². The van der Waals surface area contributed by atoms with Gasteiger partial charge in [0, 0.05) is 4.90 Å². The first kappa shape index (κ1) is 16.1. The highest BCUT2D eigenvalue weighted by molar-refractivity contribution is 8.00. The van der Waals surface area contributed by atoms with Crippen molar-refractivity contribution in [3.63, 3.8) is 0 Å². The summed E-state index contributed by atoms with van der Waals surface area (Å²) in [6, 6.07) is 4.46. The van der Waals surface area contributed by atoms with Gasteiger partial charge in [0.05, 0.1) is 25.5 Å². The number of ether oxygens (including phenoxy) is 2. The second-order valence-corrected chi connectivity index (χ2v) is 5.58. The van der Waals surface area contributed by atoms with Crippen molar-refractivity contribution in [1.82, 2.24) is 0 Å². The number of hydrogen-bond donors (Lipinski definition) is 1. The lowest BCUT2D eigenvalue weighted by atomic mass is 10.2. The van der Waals surface area contributed by atoms with E-state index in [9.17, 15) is 18.0 Å². The standard InChI is InChI=1S/C13H14F3NO3S/c1-8-2-3-9(11(6-8)21-13(14,15)16)17-12(18)10-7-19-4-5-20-10/h2-3,6,10H,4-5,7H2,1H3,(H,17,18)/t10-/m0/s1. The van der Waals surface area contributed by atoms with E-state index in [4.69, 9.17) is 9.47 Å². The van der Waals surface area contributed by atoms with Crippen molar-refractivity contribution in [2.45, 2.75) is 23.4 Å². The zero-order valence-corrected chi connectivity index (χ0v) is 12.0. The minimum absolute atomic E-state index is 0.0485. The van der Waals surface area contributed by atoms with Crippen LogP contribution in [0, 0.1) is 6.92 Å². The fourth-order valence-electron chi connectivity index (χ4n) is 1.79. The third-order valence-electron chi connectivity index (χ3n) is 2.73. The Hall–Kier alpha value is -1.25. The molecule has 4 nitrogen and oxygen atoms in total. The summed E-state index contributed by atoms with van der Waals surface area (Å²) in [5, 5.41) is 2.47. The van der Waals surface area contributed by atoms with Crippen LogP contribution in [0.4, 0.5) is 18.9 Å². The number of benzene rings is 1. The summed E-state index contributed by atoms with van der Waals surface area (Å²) in [6.45, 7) is 2.48. The first-order valence-electron chi connectivity index (χ1n) is 6.22. The Balaban J connectivity index is 2.13. The van der Waals surface area contributed by atoms with Crippen molar-refractivity contribution >= 4 is 23.4 Å². The summed E-state index contributed by atoms with van der Waals surface area (Å²) in [5.41, 5.74) is -3.63. The van der Waals surface area contributed by atoms with E-state index in [1.165, 1.54) is 12.1 Å². The molecule has 0 saturated carbocycles. The highest BCUT2D eigenvalue weighted by atomic mass is 32.2. The zero-order chi connectivity index (χ0) is 15.5. The van der Waals surface area contributed by atoms with Gasteiger partial charge < -0.3 is 14.8 Å². The number of carbonyl (C=O) groups excluding carboxylic acids is 1. The summed E-state index contributed by atoms with van der Waals surface area (Å²) in [6.07, 6.45) is -0.802. The Morgan fingerprint density at radius 3 is 2.76 bits per heavy atom. The summed E-state index contributed by atoms with van der Waals surface area (Å²) in [7, 11) is 0. The first-order chi connectivity index (χ1) is 9.85. The van der Waals surface area contributed by atoms with Gasteiger partial charge in [-0.2, -0.15) is 13.2 Å². The predicted octanol–water partition coefficient (Wildman–Crippen LogP) is 2.96. The number of hydrogen-bond acceptors (Lipinski definition) is 4. The lowest BCUT2D eigenvalue weighted by molar-refractivity contribution is -0.142. The number of rotatable bonds is 3. The van der Waals surface area contributed by atoms with Crippen LogP contribution in [0.1, 0.15) is 5.56 Å². The van der Waals surface area contributed by atoms with Crippen molar-refractivity contribution < 1.29 is 27.4 Å². The van der Waals surface area contributed by atoms with Gasteiger partial charge >= 0.3 is 5.51 Å². The maximum Gasteiger partial charge on any atom is 0.446 e. The first-order valence-corrected chi connectivity index (χ1v) is 7.03. The number of aryl methyl sites for hydroxylation is 1. The van der Waals surface area contributed by atoms with E-state index >= 15 is 0 Å². The molecule has 1 N–H and O–H groups in total. The number of amides is 1. The molecule has 0 unspecified atom stereocenters. The molecule has 1 saturated heterocycles. The van der Waals surface area contributed by atoms with Crippen molar-refractivity contribution in [3.8, 4) is 0 Å². The molecule has 1 heterocycles. The van der Waals surface area contributed by atoms with E-state index in [1.54, 1.807) is 13.0 Å². The summed E-state index contributed by atoms with van der Waals surface area (Å²) < 4.78 is 48.0. The Morgan fingerprint density at radius 1 is 1.38 bits per heavy atom. The molecule has 1 aromatic rings. The molecule has 1 aromatic carbocycles. The van der Waals surface area contributed by atoms with E-state index in [1.807, 2.05) is 0 Å². The molecule has 21 heavy (non-hydrogen) atoms. The topological polar surface area (TPSA) is 47.6 Å². The molecule has 2 rings (SSSR count). The number of alkyl halides is 3. The Labute approximate surface area is 124 Å². The van der Waals surface area contributed by atoms with Gasteiger partial charge in [0.1, 0.15) is 0 Å². The number of nitrogens with one attached hydrogen (secondary N) is 1. The van der Waals surface area contributed by atoms with Gasteiger partial charge in [-0.15, -0.1) is 0 Å². The van der Waals surface area contributed by atoms with Gasteiger partial charge in [0.2, 0.25) is 0 Å². The quantitative estimate of drug-likeness (QED) is 0.870. The molecule has 1 aliphatic rings. The van der Waals surface area contributed by atoms with Crippen LogP contribution < -0.4 is 5.32 Å². The van der Waals surface area contributed by atoms with Crippen LogP contribution in [-0.4, -0.2) is 37.3 Å². The smallest absolute Gasteiger partial charge is 0.376 e. The molecule has 0 bridgehead atoms. The third-order valence-corrected chi connectivity index (χ3v) is 3.52. The fraction of sp³-hybridized carbons (Fsp3) is 0.462.